The molecule has 0 aromatic heterocycles. The monoisotopic (exact) mass is 557 g/mol. The van der Waals surface area contributed by atoms with Crippen LogP contribution in [-0.2, 0) is 32.8 Å². The number of esters is 1. The first-order chi connectivity index (χ1) is 20.6. The van der Waals surface area contributed by atoms with Gasteiger partial charge in [0.1, 0.15) is 12.4 Å². The summed E-state index contributed by atoms with van der Waals surface area (Å²) in [6.07, 6.45) is 2.03. The third-order valence-corrected chi connectivity index (χ3v) is 10.1. The lowest BCUT2D eigenvalue weighted by atomic mass is 9.42. The van der Waals surface area contributed by atoms with Crippen molar-refractivity contribution in [1.29, 1.82) is 0 Å². The molecule has 0 radical (unpaired) electrons. The zero-order valence-electron chi connectivity index (χ0n) is 23.9. The van der Waals surface area contributed by atoms with Gasteiger partial charge in [-0.05, 0) is 41.2 Å². The minimum atomic E-state index is -0.840. The van der Waals surface area contributed by atoms with Crippen LogP contribution in [0.5, 0.6) is 5.75 Å². The summed E-state index contributed by atoms with van der Waals surface area (Å²) in [6.45, 7) is 1.08. The normalized spacial score (nSPS) is 25.4. The zero-order chi connectivity index (χ0) is 28.7. The largest absolute Gasteiger partial charge is 0.496 e. The molecule has 1 heterocycles. The van der Waals surface area contributed by atoms with E-state index < -0.39 is 10.8 Å². The van der Waals surface area contributed by atoms with Crippen molar-refractivity contribution in [2.24, 2.45) is 11.3 Å². The first-order valence-corrected chi connectivity index (χ1v) is 14.8. The second-order valence-corrected chi connectivity index (χ2v) is 11.9. The molecule has 0 spiro atoms. The van der Waals surface area contributed by atoms with E-state index in [1.807, 2.05) is 65.6 Å². The zero-order valence-corrected chi connectivity index (χ0v) is 23.9. The van der Waals surface area contributed by atoms with E-state index in [0.717, 1.165) is 24.0 Å². The van der Waals surface area contributed by atoms with Crippen LogP contribution < -0.4 is 4.74 Å². The Morgan fingerprint density at radius 3 is 2.33 bits per heavy atom. The summed E-state index contributed by atoms with van der Waals surface area (Å²) >= 11 is 0. The van der Waals surface area contributed by atoms with E-state index in [4.69, 9.17) is 9.47 Å². The summed E-state index contributed by atoms with van der Waals surface area (Å²) in [7, 11) is 1.63. The summed E-state index contributed by atoms with van der Waals surface area (Å²) in [4.78, 5) is 30.6. The van der Waals surface area contributed by atoms with E-state index in [0.29, 0.717) is 18.8 Å². The lowest BCUT2D eigenvalue weighted by molar-refractivity contribution is -0.166. The van der Waals surface area contributed by atoms with Crippen molar-refractivity contribution >= 4 is 11.9 Å². The van der Waals surface area contributed by atoms with Crippen LogP contribution in [0.25, 0.3) is 0 Å². The molecule has 2 bridgehead atoms. The van der Waals surface area contributed by atoms with Gasteiger partial charge in [0.25, 0.3) is 0 Å². The molecule has 1 amide bonds. The fourth-order valence-electron chi connectivity index (χ4n) is 8.35. The Morgan fingerprint density at radius 1 is 0.857 bits per heavy atom. The molecule has 1 saturated carbocycles. The van der Waals surface area contributed by atoms with Gasteiger partial charge < -0.3 is 14.4 Å². The number of nitrogens with zero attached hydrogens (tertiary/aromatic N) is 1. The molecule has 0 unspecified atom stereocenters. The van der Waals surface area contributed by atoms with Crippen molar-refractivity contribution in [3.63, 3.8) is 0 Å². The first kappa shape index (κ1) is 26.5. The van der Waals surface area contributed by atoms with Gasteiger partial charge in [0, 0.05) is 35.9 Å². The summed E-state index contributed by atoms with van der Waals surface area (Å²) in [6, 6.07) is 36.7. The summed E-state index contributed by atoms with van der Waals surface area (Å²) in [5, 5.41) is 0. The van der Waals surface area contributed by atoms with Crippen LogP contribution >= 0.6 is 0 Å². The fraction of sp³-hybridized carbons (Fsp3) is 0.297. The minimum absolute atomic E-state index is 0.0100. The standard InChI is InChI=1S/C37H35NO4/c1-41-32-19-11-8-14-27(32)22-34(39)38-23-33-36(28-15-6-3-7-16-28)21-20-31(29-17-9-10-18-30(29)36)37(33,25-38)35(40)42-24-26-12-4-2-5-13-26/h2-19,31,33H,20-25H2,1H3/t31-,33-,36-,37-/m1/s1. The smallest absolute Gasteiger partial charge is 0.315 e. The van der Waals surface area contributed by atoms with E-state index in [2.05, 4.69) is 48.5 Å². The molecule has 1 aliphatic heterocycles. The molecule has 212 valence electrons. The van der Waals surface area contributed by atoms with Crippen LogP contribution in [0.3, 0.4) is 0 Å². The maximum absolute atomic E-state index is 14.6. The third kappa shape index (κ3) is 3.98. The number of methoxy groups -OCH3 is 1. The number of amides is 1. The molecular formula is C37H35NO4. The van der Waals surface area contributed by atoms with Crippen LogP contribution in [0.1, 0.15) is 46.6 Å². The van der Waals surface area contributed by atoms with Gasteiger partial charge >= 0.3 is 5.97 Å². The number of fused-ring (bicyclic) bond motifs is 1. The van der Waals surface area contributed by atoms with E-state index in [1.54, 1.807) is 7.11 Å². The van der Waals surface area contributed by atoms with Gasteiger partial charge in [-0.2, -0.15) is 0 Å². The van der Waals surface area contributed by atoms with Gasteiger partial charge in [-0.15, -0.1) is 0 Å². The van der Waals surface area contributed by atoms with Gasteiger partial charge in [-0.25, -0.2) is 0 Å². The van der Waals surface area contributed by atoms with Crippen molar-refractivity contribution in [1.82, 2.24) is 4.90 Å². The highest BCUT2D eigenvalue weighted by Gasteiger charge is 2.71. The van der Waals surface area contributed by atoms with Crippen LogP contribution in [0, 0.1) is 11.3 Å². The highest BCUT2D eigenvalue weighted by atomic mass is 16.5. The molecule has 8 rings (SSSR count). The number of hydrogen-bond donors (Lipinski definition) is 0. The number of likely N-dealkylation sites (tertiary alicyclic amines) is 1. The Hall–Kier alpha value is -4.38. The van der Waals surface area contributed by atoms with Crippen LogP contribution in [0.15, 0.2) is 109 Å². The van der Waals surface area contributed by atoms with Gasteiger partial charge in [-0.1, -0.05) is 103 Å². The van der Waals surface area contributed by atoms with Crippen molar-refractivity contribution in [3.8, 4) is 5.75 Å². The first-order valence-electron chi connectivity index (χ1n) is 14.8. The molecular weight excluding hydrogens is 522 g/mol. The Balaban J connectivity index is 1.33. The quantitative estimate of drug-likeness (QED) is 0.250. The minimum Gasteiger partial charge on any atom is -0.496 e. The number of hydrogen-bond acceptors (Lipinski definition) is 4. The van der Waals surface area contributed by atoms with Gasteiger partial charge in [0.15, 0.2) is 0 Å². The summed E-state index contributed by atoms with van der Waals surface area (Å²) in [5.74, 6) is 0.398. The topological polar surface area (TPSA) is 55.8 Å². The average molecular weight is 558 g/mol. The number of carbonyl (C=O) groups is 2. The maximum Gasteiger partial charge on any atom is 0.315 e. The number of ether oxygens (including phenoxy) is 2. The molecule has 2 fully saturated rings. The molecule has 42 heavy (non-hydrogen) atoms. The average Bonchev–Trinajstić information content (AvgIpc) is 3.49. The highest BCUT2D eigenvalue weighted by molar-refractivity contribution is 5.86. The third-order valence-electron chi connectivity index (χ3n) is 10.1. The van der Waals surface area contributed by atoms with E-state index in [9.17, 15) is 9.59 Å². The number of benzene rings is 4. The SMILES string of the molecule is COc1ccccc1CC(=O)N1C[C@@H]2[C@@]3(c4ccccc4)CC[C@H](c4ccccc43)[C@]2(C(=O)OCc2ccccc2)C1. The Bertz CT molecular complexity index is 1620. The van der Waals surface area contributed by atoms with Gasteiger partial charge in [0.2, 0.25) is 5.91 Å². The number of carbonyl (C=O) groups excluding carboxylic acids is 2. The lowest BCUT2D eigenvalue weighted by Gasteiger charge is -2.59. The molecule has 3 aliphatic carbocycles. The number of para-hydroxylation sites is 1. The second-order valence-electron chi connectivity index (χ2n) is 11.9. The van der Waals surface area contributed by atoms with Crippen molar-refractivity contribution in [2.75, 3.05) is 20.2 Å². The molecule has 1 saturated heterocycles. The molecule has 4 aromatic carbocycles. The predicted octanol–water partition coefficient (Wildman–Crippen LogP) is 6.30. The molecule has 4 aliphatic rings. The van der Waals surface area contributed by atoms with Gasteiger partial charge in [0.05, 0.1) is 18.9 Å². The molecule has 4 aromatic rings. The second kappa shape index (κ2) is 10.5. The maximum atomic E-state index is 14.6. The predicted molar refractivity (Wildman–Crippen MR) is 161 cm³/mol. The van der Waals surface area contributed by atoms with Crippen molar-refractivity contribution in [3.05, 3.63) is 137 Å². The van der Waals surface area contributed by atoms with E-state index in [-0.39, 0.29) is 36.7 Å². The molecule has 4 atom stereocenters. The molecule has 5 nitrogen and oxygen atoms in total. The fourth-order valence-corrected chi connectivity index (χ4v) is 8.35. The van der Waals surface area contributed by atoms with E-state index in [1.165, 1.54) is 16.7 Å². The number of rotatable bonds is 7. The van der Waals surface area contributed by atoms with Crippen molar-refractivity contribution in [2.45, 2.75) is 37.2 Å². The Morgan fingerprint density at radius 2 is 1.55 bits per heavy atom. The summed E-state index contributed by atoms with van der Waals surface area (Å²) in [5.41, 5.74) is 4.30. The van der Waals surface area contributed by atoms with Gasteiger partial charge in [-0.3, -0.25) is 9.59 Å². The Labute approximate surface area is 247 Å². The lowest BCUT2D eigenvalue weighted by Crippen LogP contribution is -2.60. The molecule has 0 N–H and O–H groups in total. The van der Waals surface area contributed by atoms with Crippen LogP contribution in [0.4, 0.5) is 0 Å². The van der Waals surface area contributed by atoms with Crippen molar-refractivity contribution < 1.29 is 19.1 Å². The highest BCUT2D eigenvalue weighted by Crippen LogP contribution is 2.69. The summed E-state index contributed by atoms with van der Waals surface area (Å²) < 4.78 is 11.8. The molecule has 5 heteroatoms. The van der Waals surface area contributed by atoms with Crippen LogP contribution in [0.2, 0.25) is 0 Å². The Kier molecular flexibility index (Phi) is 6.61. The van der Waals surface area contributed by atoms with E-state index >= 15 is 0 Å². The van der Waals surface area contributed by atoms with Crippen LogP contribution in [-0.4, -0.2) is 37.0 Å².